The number of sulfonamides is 1. The van der Waals surface area contributed by atoms with Gasteiger partial charge in [0.25, 0.3) is 0 Å². The Morgan fingerprint density at radius 1 is 0.833 bits per heavy atom. The molecule has 0 spiro atoms. The average molecular weight is 443 g/mol. The van der Waals surface area contributed by atoms with Gasteiger partial charge in [-0.25, -0.2) is 8.42 Å². The summed E-state index contributed by atoms with van der Waals surface area (Å²) in [5, 5.41) is 3.26. The molecule has 0 radical (unpaired) electrons. The number of halogens is 1. The van der Waals surface area contributed by atoms with Crippen LogP contribution in [0.2, 0.25) is 5.02 Å². The lowest BCUT2D eigenvalue weighted by Gasteiger charge is -2.22. The van der Waals surface area contributed by atoms with E-state index >= 15 is 0 Å². The van der Waals surface area contributed by atoms with Gasteiger partial charge >= 0.3 is 0 Å². The molecule has 1 amide bonds. The molecule has 0 aliphatic carbocycles. The molecule has 7 heteroatoms. The zero-order valence-electron chi connectivity index (χ0n) is 16.4. The molecule has 0 atom stereocenters. The van der Waals surface area contributed by atoms with Gasteiger partial charge < -0.3 is 5.32 Å². The van der Waals surface area contributed by atoms with E-state index in [1.807, 2.05) is 60.7 Å². The lowest BCUT2D eigenvalue weighted by Crippen LogP contribution is -2.40. The standard InChI is InChI=1S/C23H23ClN2O3S/c24-21-11-13-22(14-12-21)30(28,29)26(17-20-9-5-2-6-10-20)18-23(27)25-16-15-19-7-3-1-4-8-19/h1-14H,15-18H2,(H,25,27). The number of hydrogen-bond acceptors (Lipinski definition) is 3. The smallest absolute Gasteiger partial charge is 0.243 e. The van der Waals surface area contributed by atoms with Gasteiger partial charge in [0.1, 0.15) is 0 Å². The highest BCUT2D eigenvalue weighted by atomic mass is 35.5. The number of benzene rings is 3. The van der Waals surface area contributed by atoms with E-state index in [4.69, 9.17) is 11.6 Å². The van der Waals surface area contributed by atoms with Crippen LogP contribution in [0.5, 0.6) is 0 Å². The molecule has 0 fully saturated rings. The molecule has 0 saturated heterocycles. The highest BCUT2D eigenvalue weighted by molar-refractivity contribution is 7.89. The minimum atomic E-state index is -3.87. The van der Waals surface area contributed by atoms with E-state index < -0.39 is 10.0 Å². The molecule has 0 heterocycles. The van der Waals surface area contributed by atoms with Crippen LogP contribution in [-0.2, 0) is 27.8 Å². The third kappa shape index (κ3) is 6.16. The van der Waals surface area contributed by atoms with Gasteiger partial charge in [-0.15, -0.1) is 0 Å². The molecule has 3 aromatic carbocycles. The summed E-state index contributed by atoms with van der Waals surface area (Å²) in [7, 11) is -3.87. The van der Waals surface area contributed by atoms with Crippen molar-refractivity contribution in [2.75, 3.05) is 13.1 Å². The molecule has 156 valence electrons. The van der Waals surface area contributed by atoms with Crippen LogP contribution < -0.4 is 5.32 Å². The zero-order valence-corrected chi connectivity index (χ0v) is 17.9. The van der Waals surface area contributed by atoms with E-state index in [0.29, 0.717) is 18.0 Å². The van der Waals surface area contributed by atoms with Crippen molar-refractivity contribution >= 4 is 27.5 Å². The van der Waals surface area contributed by atoms with Crippen LogP contribution in [0.15, 0.2) is 89.8 Å². The van der Waals surface area contributed by atoms with Gasteiger partial charge in [0.2, 0.25) is 15.9 Å². The summed E-state index contributed by atoms with van der Waals surface area (Å²) in [5.74, 6) is -0.348. The van der Waals surface area contributed by atoms with Crippen LogP contribution in [0.3, 0.4) is 0 Å². The Bertz CT molecular complexity index is 1060. The van der Waals surface area contributed by atoms with Crippen LogP contribution in [0.1, 0.15) is 11.1 Å². The van der Waals surface area contributed by atoms with Gasteiger partial charge in [0.05, 0.1) is 11.4 Å². The topological polar surface area (TPSA) is 66.5 Å². The second-order valence-electron chi connectivity index (χ2n) is 6.80. The lowest BCUT2D eigenvalue weighted by atomic mass is 10.1. The fraction of sp³-hybridized carbons (Fsp3) is 0.174. The van der Waals surface area contributed by atoms with Gasteiger partial charge in [-0.2, -0.15) is 4.31 Å². The molecular formula is C23H23ClN2O3S. The Kier molecular flexibility index (Phi) is 7.63. The number of hydrogen-bond donors (Lipinski definition) is 1. The third-order valence-electron chi connectivity index (χ3n) is 4.55. The normalized spacial score (nSPS) is 11.4. The van der Waals surface area contributed by atoms with Crippen molar-refractivity contribution in [3.05, 3.63) is 101 Å². The number of carbonyl (C=O) groups excluding carboxylic acids is 1. The van der Waals surface area contributed by atoms with Gasteiger partial charge in [0.15, 0.2) is 0 Å². The molecule has 3 aromatic rings. The van der Waals surface area contributed by atoms with Gasteiger partial charge in [-0.05, 0) is 41.8 Å². The van der Waals surface area contributed by atoms with Crippen molar-refractivity contribution < 1.29 is 13.2 Å². The molecule has 30 heavy (non-hydrogen) atoms. The van der Waals surface area contributed by atoms with Crippen LogP contribution in [0, 0.1) is 0 Å². The Balaban J connectivity index is 1.72. The highest BCUT2D eigenvalue weighted by Gasteiger charge is 2.26. The SMILES string of the molecule is O=C(CN(Cc1ccccc1)S(=O)(=O)c1ccc(Cl)cc1)NCCc1ccccc1. The maximum Gasteiger partial charge on any atom is 0.243 e. The van der Waals surface area contributed by atoms with Gasteiger partial charge in [-0.3, -0.25) is 4.79 Å². The van der Waals surface area contributed by atoms with Crippen molar-refractivity contribution in [1.82, 2.24) is 9.62 Å². The van der Waals surface area contributed by atoms with Crippen molar-refractivity contribution in [1.29, 1.82) is 0 Å². The van der Waals surface area contributed by atoms with Crippen LogP contribution >= 0.6 is 11.6 Å². The Morgan fingerprint density at radius 3 is 2.00 bits per heavy atom. The molecule has 0 unspecified atom stereocenters. The van der Waals surface area contributed by atoms with Gasteiger partial charge in [0, 0.05) is 18.1 Å². The van der Waals surface area contributed by atoms with Crippen molar-refractivity contribution in [3.8, 4) is 0 Å². The molecule has 5 nitrogen and oxygen atoms in total. The predicted molar refractivity (Wildman–Crippen MR) is 119 cm³/mol. The molecule has 0 saturated carbocycles. The van der Waals surface area contributed by atoms with E-state index in [1.54, 1.807) is 0 Å². The zero-order chi connectivity index (χ0) is 21.4. The maximum absolute atomic E-state index is 13.2. The van der Waals surface area contributed by atoms with E-state index in [9.17, 15) is 13.2 Å². The largest absolute Gasteiger partial charge is 0.355 e. The van der Waals surface area contributed by atoms with Gasteiger partial charge in [-0.1, -0.05) is 72.3 Å². The molecule has 0 bridgehead atoms. The quantitative estimate of drug-likeness (QED) is 0.546. The van der Waals surface area contributed by atoms with Crippen molar-refractivity contribution in [2.45, 2.75) is 17.9 Å². The number of nitrogens with zero attached hydrogens (tertiary/aromatic N) is 1. The summed E-state index contributed by atoms with van der Waals surface area (Å²) in [5.41, 5.74) is 1.90. The van der Waals surface area contributed by atoms with Crippen LogP contribution in [-0.4, -0.2) is 31.7 Å². The lowest BCUT2D eigenvalue weighted by molar-refractivity contribution is -0.121. The van der Waals surface area contributed by atoms with Crippen LogP contribution in [0.25, 0.3) is 0 Å². The molecule has 0 aliphatic rings. The number of rotatable bonds is 9. The molecule has 0 aliphatic heterocycles. The fourth-order valence-corrected chi connectivity index (χ4v) is 4.49. The number of carbonyl (C=O) groups is 1. The second kappa shape index (κ2) is 10.4. The fourth-order valence-electron chi connectivity index (χ4n) is 2.98. The first-order chi connectivity index (χ1) is 14.4. The van der Waals surface area contributed by atoms with E-state index in [1.165, 1.54) is 28.6 Å². The molecule has 1 N–H and O–H groups in total. The van der Waals surface area contributed by atoms with Crippen molar-refractivity contribution in [2.24, 2.45) is 0 Å². The minimum Gasteiger partial charge on any atom is -0.355 e. The van der Waals surface area contributed by atoms with E-state index in [0.717, 1.165) is 11.1 Å². The first-order valence-corrected chi connectivity index (χ1v) is 11.4. The molecule has 0 aromatic heterocycles. The third-order valence-corrected chi connectivity index (χ3v) is 6.61. The summed E-state index contributed by atoms with van der Waals surface area (Å²) in [6.07, 6.45) is 0.676. The second-order valence-corrected chi connectivity index (χ2v) is 9.17. The first-order valence-electron chi connectivity index (χ1n) is 9.55. The molecular weight excluding hydrogens is 420 g/mol. The maximum atomic E-state index is 13.2. The van der Waals surface area contributed by atoms with Crippen LogP contribution in [0.4, 0.5) is 0 Å². The van der Waals surface area contributed by atoms with Crippen molar-refractivity contribution in [3.63, 3.8) is 0 Å². The number of nitrogens with one attached hydrogen (secondary N) is 1. The Labute approximate surface area is 182 Å². The summed E-state index contributed by atoms with van der Waals surface area (Å²) < 4.78 is 27.5. The average Bonchev–Trinajstić information content (AvgIpc) is 2.75. The summed E-state index contributed by atoms with van der Waals surface area (Å²) >= 11 is 5.89. The predicted octanol–water partition coefficient (Wildman–Crippen LogP) is 3.89. The first kappa shape index (κ1) is 22.0. The minimum absolute atomic E-state index is 0.0951. The monoisotopic (exact) mass is 442 g/mol. The number of amides is 1. The van der Waals surface area contributed by atoms with E-state index in [-0.39, 0.29) is 23.9 Å². The summed E-state index contributed by atoms with van der Waals surface area (Å²) in [4.78, 5) is 12.6. The summed E-state index contributed by atoms with van der Waals surface area (Å²) in [6.45, 7) is 0.259. The highest BCUT2D eigenvalue weighted by Crippen LogP contribution is 2.20. The Hall–Kier alpha value is -2.67. The summed E-state index contributed by atoms with van der Waals surface area (Å²) in [6, 6.07) is 24.9. The molecule has 3 rings (SSSR count). The Morgan fingerprint density at radius 2 is 1.40 bits per heavy atom. The van der Waals surface area contributed by atoms with E-state index in [2.05, 4.69) is 5.32 Å².